The van der Waals surface area contributed by atoms with Crippen LogP contribution in [0.2, 0.25) is 0 Å². The van der Waals surface area contributed by atoms with Gasteiger partial charge in [-0.2, -0.15) is 0 Å². The second-order valence-electron chi connectivity index (χ2n) is 5.64. The summed E-state index contributed by atoms with van der Waals surface area (Å²) in [5.74, 6) is 0.899. The van der Waals surface area contributed by atoms with Gasteiger partial charge < -0.3 is 9.64 Å². The fourth-order valence-electron chi connectivity index (χ4n) is 2.44. The molecule has 128 valence electrons. The lowest BCUT2D eigenvalue weighted by Gasteiger charge is -2.24. The number of methoxy groups -OCH3 is 1. The zero-order valence-corrected chi connectivity index (χ0v) is 15.1. The molecule has 1 aromatic carbocycles. The van der Waals surface area contributed by atoms with Crippen LogP contribution in [-0.4, -0.2) is 43.0 Å². The Morgan fingerprint density at radius 2 is 2.12 bits per heavy atom. The Kier molecular flexibility index (Phi) is 7.03. The molecule has 0 aliphatic carbocycles. The van der Waals surface area contributed by atoms with Crippen LogP contribution in [0.15, 0.2) is 54.4 Å². The quantitative estimate of drug-likeness (QED) is 0.654. The predicted octanol–water partition coefficient (Wildman–Crippen LogP) is 3.40. The predicted molar refractivity (Wildman–Crippen MR) is 99.3 cm³/mol. The largest absolute Gasteiger partial charge is 0.497 e. The first-order valence-electron chi connectivity index (χ1n) is 7.85. The van der Waals surface area contributed by atoms with Gasteiger partial charge in [0.05, 0.1) is 13.7 Å². The summed E-state index contributed by atoms with van der Waals surface area (Å²) in [4.78, 5) is 17.6. The second-order valence-corrected chi connectivity index (χ2v) is 6.67. The lowest BCUT2D eigenvalue weighted by atomic mass is 10.2. The molecular weight excluding hydrogens is 320 g/mol. The molecule has 0 unspecified atom stereocenters. The number of hydrogen-bond donors (Lipinski definition) is 0. The normalized spacial score (nSPS) is 10.6. The molecule has 0 N–H and O–H groups in total. The number of amides is 1. The molecule has 0 spiro atoms. The molecule has 1 aromatic heterocycles. The molecule has 1 amide bonds. The topological polar surface area (TPSA) is 32.8 Å². The maximum Gasteiger partial charge on any atom is 0.236 e. The van der Waals surface area contributed by atoms with Gasteiger partial charge in [-0.25, -0.2) is 0 Å². The van der Waals surface area contributed by atoms with Crippen LogP contribution in [-0.2, 0) is 17.9 Å². The lowest BCUT2D eigenvalue weighted by molar-refractivity contribution is -0.131. The van der Waals surface area contributed by atoms with Gasteiger partial charge in [0.2, 0.25) is 5.91 Å². The van der Waals surface area contributed by atoms with E-state index < -0.39 is 0 Å². The third-order valence-corrected chi connectivity index (χ3v) is 4.55. The van der Waals surface area contributed by atoms with E-state index in [2.05, 4.69) is 22.9 Å². The first-order valence-corrected chi connectivity index (χ1v) is 8.73. The summed E-state index contributed by atoms with van der Waals surface area (Å²) >= 11 is 1.70. The summed E-state index contributed by atoms with van der Waals surface area (Å²) in [5.41, 5.74) is 1.05. The Hall–Kier alpha value is -2.11. The zero-order chi connectivity index (χ0) is 17.4. The third-order valence-electron chi connectivity index (χ3n) is 3.69. The molecule has 0 radical (unpaired) electrons. The summed E-state index contributed by atoms with van der Waals surface area (Å²) in [5, 5.41) is 2.05. The number of nitrogens with zero attached hydrogens (tertiary/aromatic N) is 2. The van der Waals surface area contributed by atoms with Crippen molar-refractivity contribution in [3.8, 4) is 5.75 Å². The summed E-state index contributed by atoms with van der Waals surface area (Å²) in [6.07, 6.45) is 1.84. The number of rotatable bonds is 9. The van der Waals surface area contributed by atoms with Gasteiger partial charge in [0, 0.05) is 31.6 Å². The van der Waals surface area contributed by atoms with Gasteiger partial charge in [0.15, 0.2) is 0 Å². The third kappa shape index (κ3) is 5.51. The highest BCUT2D eigenvalue weighted by molar-refractivity contribution is 7.09. The average Bonchev–Trinajstić information content (AvgIpc) is 3.08. The Morgan fingerprint density at radius 3 is 2.79 bits per heavy atom. The molecular formula is C19H24N2O2S. The Labute approximate surface area is 148 Å². The van der Waals surface area contributed by atoms with E-state index in [0.29, 0.717) is 19.6 Å². The molecule has 2 aromatic rings. The Bertz CT molecular complexity index is 655. The number of thiophene rings is 1. The van der Waals surface area contributed by atoms with Crippen molar-refractivity contribution in [3.63, 3.8) is 0 Å². The summed E-state index contributed by atoms with van der Waals surface area (Å²) in [6, 6.07) is 11.9. The molecule has 0 saturated heterocycles. The molecule has 0 atom stereocenters. The number of carbonyl (C=O) groups is 1. The molecule has 5 heteroatoms. The molecule has 0 aliphatic heterocycles. The van der Waals surface area contributed by atoms with Gasteiger partial charge in [-0.1, -0.05) is 24.3 Å². The van der Waals surface area contributed by atoms with Crippen molar-refractivity contribution >= 4 is 17.2 Å². The highest BCUT2D eigenvalue weighted by atomic mass is 32.1. The van der Waals surface area contributed by atoms with E-state index >= 15 is 0 Å². The van der Waals surface area contributed by atoms with Crippen LogP contribution in [0.1, 0.15) is 10.4 Å². The van der Waals surface area contributed by atoms with Gasteiger partial charge in [-0.05, 0) is 29.1 Å². The van der Waals surface area contributed by atoms with Gasteiger partial charge in [-0.3, -0.25) is 9.69 Å². The van der Waals surface area contributed by atoms with Crippen molar-refractivity contribution in [2.75, 3.05) is 27.2 Å². The van der Waals surface area contributed by atoms with Crippen LogP contribution in [0.25, 0.3) is 0 Å². The van der Waals surface area contributed by atoms with Crippen molar-refractivity contribution in [3.05, 3.63) is 64.9 Å². The van der Waals surface area contributed by atoms with Gasteiger partial charge in [0.1, 0.15) is 5.75 Å². The molecule has 0 saturated carbocycles. The maximum absolute atomic E-state index is 12.5. The minimum Gasteiger partial charge on any atom is -0.497 e. The highest BCUT2D eigenvalue weighted by Crippen LogP contribution is 2.15. The van der Waals surface area contributed by atoms with Crippen molar-refractivity contribution in [1.82, 2.24) is 9.80 Å². The SMILES string of the molecule is C=CCN(CC(=O)N(C)Cc1cccc(OC)c1)Cc1cccs1. The molecule has 24 heavy (non-hydrogen) atoms. The molecule has 0 bridgehead atoms. The van der Waals surface area contributed by atoms with Crippen molar-refractivity contribution < 1.29 is 9.53 Å². The summed E-state index contributed by atoms with van der Waals surface area (Å²) in [6.45, 7) is 6.19. The zero-order valence-electron chi connectivity index (χ0n) is 14.3. The monoisotopic (exact) mass is 344 g/mol. The van der Waals surface area contributed by atoms with Gasteiger partial charge in [-0.15, -0.1) is 17.9 Å². The van der Waals surface area contributed by atoms with Crippen LogP contribution in [0, 0.1) is 0 Å². The van der Waals surface area contributed by atoms with E-state index in [9.17, 15) is 4.79 Å². The second kappa shape index (κ2) is 9.25. The Balaban J connectivity index is 1.93. The molecule has 0 aliphatic rings. The molecule has 1 heterocycles. The van der Waals surface area contributed by atoms with Gasteiger partial charge in [0.25, 0.3) is 0 Å². The summed E-state index contributed by atoms with van der Waals surface area (Å²) < 4.78 is 5.23. The van der Waals surface area contributed by atoms with Crippen molar-refractivity contribution in [2.24, 2.45) is 0 Å². The van der Waals surface area contributed by atoms with Crippen LogP contribution in [0.5, 0.6) is 5.75 Å². The minimum absolute atomic E-state index is 0.0937. The fraction of sp³-hybridized carbons (Fsp3) is 0.316. The van der Waals surface area contributed by atoms with Crippen molar-refractivity contribution in [1.29, 1.82) is 0 Å². The standard InChI is InChI=1S/C19H24N2O2S/c1-4-10-21(14-18-9-6-11-24-18)15-19(22)20(2)13-16-7-5-8-17(12-16)23-3/h4-9,11-12H,1,10,13-15H2,2-3H3. The van der Waals surface area contributed by atoms with Gasteiger partial charge >= 0.3 is 0 Å². The first-order chi connectivity index (χ1) is 11.6. The highest BCUT2D eigenvalue weighted by Gasteiger charge is 2.15. The van der Waals surface area contributed by atoms with Crippen LogP contribution in [0.4, 0.5) is 0 Å². The van der Waals surface area contributed by atoms with Crippen molar-refractivity contribution in [2.45, 2.75) is 13.1 Å². The van der Waals surface area contributed by atoms with E-state index in [-0.39, 0.29) is 5.91 Å². The molecule has 0 fully saturated rings. The van der Waals surface area contributed by atoms with Crippen LogP contribution >= 0.6 is 11.3 Å². The maximum atomic E-state index is 12.5. The van der Waals surface area contributed by atoms with E-state index in [4.69, 9.17) is 4.74 Å². The number of hydrogen-bond acceptors (Lipinski definition) is 4. The number of ether oxygens (including phenoxy) is 1. The fourth-order valence-corrected chi connectivity index (χ4v) is 3.18. The minimum atomic E-state index is 0.0937. The molecule has 2 rings (SSSR count). The van der Waals surface area contributed by atoms with E-state index in [0.717, 1.165) is 17.9 Å². The lowest BCUT2D eigenvalue weighted by Crippen LogP contribution is -2.37. The van der Waals surface area contributed by atoms with E-state index in [1.807, 2.05) is 43.5 Å². The number of likely N-dealkylation sites (N-methyl/N-ethyl adjacent to an activating group) is 1. The molecule has 4 nitrogen and oxygen atoms in total. The first kappa shape index (κ1) is 18.2. The number of carbonyl (C=O) groups excluding carboxylic acids is 1. The number of benzene rings is 1. The van der Waals surface area contributed by atoms with E-state index in [1.54, 1.807) is 23.3 Å². The van der Waals surface area contributed by atoms with E-state index in [1.165, 1.54) is 4.88 Å². The smallest absolute Gasteiger partial charge is 0.236 e. The Morgan fingerprint density at radius 1 is 1.29 bits per heavy atom. The van der Waals surface area contributed by atoms with Crippen LogP contribution < -0.4 is 4.74 Å². The average molecular weight is 344 g/mol. The van der Waals surface area contributed by atoms with Crippen LogP contribution in [0.3, 0.4) is 0 Å². The summed E-state index contributed by atoms with van der Waals surface area (Å²) in [7, 11) is 3.48.